The molecule has 26 heavy (non-hydrogen) atoms. The Morgan fingerprint density at radius 2 is 2.00 bits per heavy atom. The number of ether oxygens (including phenoxy) is 2. The van der Waals surface area contributed by atoms with Crippen molar-refractivity contribution in [1.29, 1.82) is 0 Å². The molecule has 1 atom stereocenters. The summed E-state index contributed by atoms with van der Waals surface area (Å²) in [5, 5.41) is 17.0. The van der Waals surface area contributed by atoms with Crippen LogP contribution in [0, 0.1) is 6.92 Å². The summed E-state index contributed by atoms with van der Waals surface area (Å²) in [5.41, 5.74) is 0.670. The van der Waals surface area contributed by atoms with E-state index >= 15 is 0 Å². The van der Waals surface area contributed by atoms with Gasteiger partial charge in [0, 0.05) is 28.4 Å². The van der Waals surface area contributed by atoms with Gasteiger partial charge in [0.2, 0.25) is 0 Å². The number of aliphatic imine (C=N–C) groups is 1. The van der Waals surface area contributed by atoms with Crippen LogP contribution < -0.4 is 20.1 Å². The van der Waals surface area contributed by atoms with Gasteiger partial charge in [0.1, 0.15) is 11.5 Å². The van der Waals surface area contributed by atoms with E-state index in [4.69, 9.17) is 9.47 Å². The highest BCUT2D eigenvalue weighted by atomic mass is 32.1. The summed E-state index contributed by atoms with van der Waals surface area (Å²) in [4.78, 5) is 7.05. The van der Waals surface area contributed by atoms with Crippen molar-refractivity contribution in [3.05, 3.63) is 45.6 Å². The molecule has 0 saturated carbocycles. The van der Waals surface area contributed by atoms with Crippen molar-refractivity contribution in [2.45, 2.75) is 26.5 Å². The van der Waals surface area contributed by atoms with Gasteiger partial charge in [-0.3, -0.25) is 0 Å². The molecule has 0 fully saturated rings. The molecule has 142 valence electrons. The van der Waals surface area contributed by atoms with Crippen molar-refractivity contribution in [3.8, 4) is 11.5 Å². The average Bonchev–Trinajstić information content (AvgIpc) is 3.08. The molecule has 1 aromatic carbocycles. The van der Waals surface area contributed by atoms with Crippen LogP contribution in [0.25, 0.3) is 0 Å². The van der Waals surface area contributed by atoms with Crippen LogP contribution in [0.2, 0.25) is 0 Å². The number of nitrogens with one attached hydrogen (secondary N) is 2. The van der Waals surface area contributed by atoms with Gasteiger partial charge in [-0.2, -0.15) is 0 Å². The van der Waals surface area contributed by atoms with Gasteiger partial charge < -0.3 is 25.2 Å². The average molecular weight is 378 g/mol. The van der Waals surface area contributed by atoms with E-state index in [0.717, 1.165) is 6.54 Å². The molecular weight excluding hydrogens is 350 g/mol. The number of guanidine groups is 1. The smallest absolute Gasteiger partial charge is 0.191 e. The lowest BCUT2D eigenvalue weighted by Gasteiger charge is -2.18. The fraction of sp³-hybridized carbons (Fsp3) is 0.421. The number of benzene rings is 1. The second-order valence-electron chi connectivity index (χ2n) is 5.71. The fourth-order valence-electron chi connectivity index (χ4n) is 2.47. The zero-order valence-corrected chi connectivity index (χ0v) is 16.5. The number of aryl methyl sites for hydroxylation is 1. The summed E-state index contributed by atoms with van der Waals surface area (Å²) in [6.45, 7) is 5.74. The van der Waals surface area contributed by atoms with E-state index in [2.05, 4.69) is 34.7 Å². The Morgan fingerprint density at radius 1 is 1.19 bits per heavy atom. The van der Waals surface area contributed by atoms with Gasteiger partial charge in [0.05, 0.1) is 26.9 Å². The van der Waals surface area contributed by atoms with E-state index in [-0.39, 0.29) is 0 Å². The molecule has 0 saturated heterocycles. The molecule has 7 heteroatoms. The summed E-state index contributed by atoms with van der Waals surface area (Å²) in [6.07, 6.45) is -0.757. The van der Waals surface area contributed by atoms with Crippen molar-refractivity contribution in [2.75, 3.05) is 27.3 Å². The van der Waals surface area contributed by atoms with E-state index in [0.29, 0.717) is 36.1 Å². The Morgan fingerprint density at radius 3 is 2.62 bits per heavy atom. The standard InChI is InChI=1S/C19H27N3O3S/c1-5-20-19(21-11-15-8-6-13(2)26-15)22-12-17(23)16-10-14(24-3)7-9-18(16)25-4/h6-10,17,23H,5,11-12H2,1-4H3,(H2,20,21,22). The van der Waals surface area contributed by atoms with Gasteiger partial charge in [-0.05, 0) is 44.2 Å². The predicted molar refractivity (Wildman–Crippen MR) is 106 cm³/mol. The molecule has 0 bridgehead atoms. The molecule has 0 amide bonds. The molecule has 2 rings (SSSR count). The second-order valence-corrected chi connectivity index (χ2v) is 7.08. The third-order valence-electron chi connectivity index (χ3n) is 3.79. The Kier molecular flexibility index (Phi) is 7.74. The molecule has 0 spiro atoms. The first-order chi connectivity index (χ1) is 12.6. The minimum Gasteiger partial charge on any atom is -0.497 e. The predicted octanol–water partition coefficient (Wildman–Crippen LogP) is 2.86. The molecule has 6 nitrogen and oxygen atoms in total. The van der Waals surface area contributed by atoms with Crippen molar-refractivity contribution in [2.24, 2.45) is 4.99 Å². The van der Waals surface area contributed by atoms with Crippen LogP contribution in [0.3, 0.4) is 0 Å². The first-order valence-electron chi connectivity index (χ1n) is 8.54. The lowest BCUT2D eigenvalue weighted by molar-refractivity contribution is 0.176. The van der Waals surface area contributed by atoms with E-state index in [1.807, 2.05) is 6.92 Å². The summed E-state index contributed by atoms with van der Waals surface area (Å²) >= 11 is 1.74. The van der Waals surface area contributed by atoms with E-state index in [1.54, 1.807) is 43.8 Å². The number of nitrogens with zero attached hydrogens (tertiary/aromatic N) is 1. The van der Waals surface area contributed by atoms with Crippen LogP contribution in [0.15, 0.2) is 35.3 Å². The van der Waals surface area contributed by atoms with Crippen LogP contribution in [-0.2, 0) is 6.54 Å². The number of methoxy groups -OCH3 is 2. The van der Waals surface area contributed by atoms with Gasteiger partial charge in [-0.25, -0.2) is 4.99 Å². The van der Waals surface area contributed by atoms with Crippen LogP contribution in [-0.4, -0.2) is 38.4 Å². The maximum atomic E-state index is 10.6. The van der Waals surface area contributed by atoms with Crippen molar-refractivity contribution in [1.82, 2.24) is 10.6 Å². The van der Waals surface area contributed by atoms with Gasteiger partial charge in [-0.15, -0.1) is 11.3 Å². The number of aliphatic hydroxyl groups excluding tert-OH is 1. The highest BCUT2D eigenvalue weighted by molar-refractivity contribution is 7.11. The highest BCUT2D eigenvalue weighted by Crippen LogP contribution is 2.29. The molecule has 0 radical (unpaired) electrons. The molecule has 2 aromatic rings. The molecule has 0 aliphatic rings. The summed E-state index contributed by atoms with van der Waals surface area (Å²) in [7, 11) is 3.18. The zero-order chi connectivity index (χ0) is 18.9. The van der Waals surface area contributed by atoms with E-state index in [1.165, 1.54) is 9.75 Å². The number of rotatable bonds is 8. The number of hydrogen-bond donors (Lipinski definition) is 3. The molecule has 1 unspecified atom stereocenters. The van der Waals surface area contributed by atoms with Gasteiger partial charge in [0.25, 0.3) is 0 Å². The van der Waals surface area contributed by atoms with Gasteiger partial charge >= 0.3 is 0 Å². The second kappa shape index (κ2) is 10.0. The topological polar surface area (TPSA) is 75.1 Å². The Labute approximate surface area is 158 Å². The minimum atomic E-state index is -0.757. The van der Waals surface area contributed by atoms with Gasteiger partial charge in [-0.1, -0.05) is 0 Å². The molecule has 1 heterocycles. The molecule has 3 N–H and O–H groups in total. The number of aliphatic hydroxyl groups is 1. The van der Waals surface area contributed by atoms with Crippen LogP contribution in [0.1, 0.15) is 28.3 Å². The number of thiophene rings is 1. The minimum absolute atomic E-state index is 0.304. The van der Waals surface area contributed by atoms with Gasteiger partial charge in [0.15, 0.2) is 5.96 Å². The third kappa shape index (κ3) is 5.64. The van der Waals surface area contributed by atoms with Crippen molar-refractivity contribution < 1.29 is 14.6 Å². The van der Waals surface area contributed by atoms with Crippen LogP contribution >= 0.6 is 11.3 Å². The highest BCUT2D eigenvalue weighted by Gasteiger charge is 2.15. The van der Waals surface area contributed by atoms with Crippen LogP contribution in [0.5, 0.6) is 11.5 Å². The largest absolute Gasteiger partial charge is 0.497 e. The normalized spacial score (nSPS) is 12.6. The number of hydrogen-bond acceptors (Lipinski definition) is 5. The molecule has 0 aliphatic heterocycles. The first-order valence-corrected chi connectivity index (χ1v) is 9.36. The van der Waals surface area contributed by atoms with Crippen LogP contribution in [0.4, 0.5) is 0 Å². The van der Waals surface area contributed by atoms with E-state index in [9.17, 15) is 5.11 Å². The third-order valence-corrected chi connectivity index (χ3v) is 4.78. The summed E-state index contributed by atoms with van der Waals surface area (Å²) < 4.78 is 10.6. The van der Waals surface area contributed by atoms with Crippen molar-refractivity contribution >= 4 is 17.3 Å². The Bertz CT molecular complexity index is 731. The first kappa shape index (κ1) is 20.1. The lowest BCUT2D eigenvalue weighted by atomic mass is 10.1. The van der Waals surface area contributed by atoms with E-state index < -0.39 is 6.10 Å². The maximum Gasteiger partial charge on any atom is 0.191 e. The zero-order valence-electron chi connectivity index (χ0n) is 15.7. The molecular formula is C19H27N3O3S. The quantitative estimate of drug-likeness (QED) is 0.487. The Balaban J connectivity index is 2.03. The summed E-state index contributed by atoms with van der Waals surface area (Å²) in [5.74, 6) is 1.96. The maximum absolute atomic E-state index is 10.6. The molecule has 1 aromatic heterocycles. The monoisotopic (exact) mass is 377 g/mol. The fourth-order valence-corrected chi connectivity index (χ4v) is 3.29. The van der Waals surface area contributed by atoms with Crippen molar-refractivity contribution in [3.63, 3.8) is 0 Å². The summed E-state index contributed by atoms with van der Waals surface area (Å²) in [6, 6.07) is 9.55. The molecule has 0 aliphatic carbocycles. The SMILES string of the molecule is CCNC(=NCc1ccc(C)s1)NCC(O)c1cc(OC)ccc1OC. The lowest BCUT2D eigenvalue weighted by Crippen LogP contribution is -2.39. The Hall–Kier alpha value is -2.25.